The molecule has 0 saturated heterocycles. The monoisotopic (exact) mass is 464 g/mol. The number of anilines is 1. The topological polar surface area (TPSA) is 127 Å². The van der Waals surface area contributed by atoms with Gasteiger partial charge in [-0.2, -0.15) is 0 Å². The number of benzene rings is 1. The van der Waals surface area contributed by atoms with Gasteiger partial charge in [-0.1, -0.05) is 17.7 Å². The van der Waals surface area contributed by atoms with Crippen LogP contribution in [0.5, 0.6) is 0 Å². The van der Waals surface area contributed by atoms with E-state index in [9.17, 15) is 23.6 Å². The third-order valence-corrected chi connectivity index (χ3v) is 6.20. The molecule has 4 rings (SSSR count). The molecule has 1 aromatic carbocycles. The largest absolute Gasteiger partial charge is 0.483 e. The number of aliphatic carboxylic acids is 1. The van der Waals surface area contributed by atoms with Crippen molar-refractivity contribution in [2.45, 2.75) is 6.42 Å². The van der Waals surface area contributed by atoms with Crippen molar-refractivity contribution >= 4 is 63.6 Å². The molecule has 0 spiro atoms. The number of hydrogen-bond donors (Lipinski definition) is 2. The number of hydrogen-bond acceptors (Lipinski definition) is 6. The molecule has 1 saturated carbocycles. The van der Waals surface area contributed by atoms with E-state index < -0.39 is 48.0 Å². The molecule has 11 heteroatoms. The predicted octanol–water partition coefficient (Wildman–Crippen LogP) is 3.14. The number of carbonyl (C=O) groups excluding carboxylic acids is 3. The average Bonchev–Trinajstić information content (AvgIpc) is 3.25. The molecule has 1 fully saturated rings. The van der Waals surface area contributed by atoms with Gasteiger partial charge in [0.05, 0.1) is 27.1 Å². The lowest BCUT2D eigenvalue weighted by molar-refractivity contribution is -0.140. The number of imide groups is 1. The number of carboxylic acids is 1. The second-order valence-electron chi connectivity index (χ2n) is 6.99. The van der Waals surface area contributed by atoms with Gasteiger partial charge < -0.3 is 15.6 Å². The van der Waals surface area contributed by atoms with E-state index in [1.807, 2.05) is 0 Å². The van der Waals surface area contributed by atoms with E-state index in [4.69, 9.17) is 27.2 Å². The number of rotatable bonds is 6. The Morgan fingerprint density at radius 2 is 2.06 bits per heavy atom. The van der Waals surface area contributed by atoms with Crippen molar-refractivity contribution in [2.24, 2.45) is 17.6 Å². The Morgan fingerprint density at radius 1 is 1.32 bits per heavy atom. The molecule has 2 heterocycles. The lowest BCUT2D eigenvalue weighted by Crippen LogP contribution is -2.38. The minimum absolute atomic E-state index is 0.00369. The number of urea groups is 1. The van der Waals surface area contributed by atoms with Crippen LogP contribution in [0, 0.1) is 17.7 Å². The number of ketones is 1. The second kappa shape index (κ2) is 7.78. The molecule has 1 aliphatic carbocycles. The van der Waals surface area contributed by atoms with Crippen molar-refractivity contribution in [3.05, 3.63) is 50.9 Å². The molecule has 2 aliphatic rings. The summed E-state index contributed by atoms with van der Waals surface area (Å²) in [5.41, 5.74) is 5.23. The van der Waals surface area contributed by atoms with Gasteiger partial charge in [0.2, 0.25) is 0 Å². The summed E-state index contributed by atoms with van der Waals surface area (Å²) in [4.78, 5) is 49.4. The molecule has 8 nitrogen and oxygen atoms in total. The maximum Gasteiger partial charge on any atom is 0.326 e. The summed E-state index contributed by atoms with van der Waals surface area (Å²) in [6.45, 7) is -0.486. The van der Waals surface area contributed by atoms with Crippen LogP contribution in [0.2, 0.25) is 5.02 Å². The molecule has 2 atom stereocenters. The van der Waals surface area contributed by atoms with Crippen molar-refractivity contribution in [1.29, 1.82) is 0 Å². The number of nitrogens with zero attached hydrogens (tertiary/aromatic N) is 1. The van der Waals surface area contributed by atoms with Crippen LogP contribution in [0.3, 0.4) is 0 Å². The van der Waals surface area contributed by atoms with Crippen LogP contribution in [0.4, 0.5) is 14.9 Å². The van der Waals surface area contributed by atoms with Gasteiger partial charge in [-0.15, -0.1) is 11.3 Å². The number of carboxylic acid groups (broad SMARTS) is 1. The molecule has 160 valence electrons. The molecule has 2 aromatic rings. The first kappa shape index (κ1) is 21.0. The molecule has 3 N–H and O–H groups in total. The van der Waals surface area contributed by atoms with Gasteiger partial charge in [0.25, 0.3) is 5.91 Å². The summed E-state index contributed by atoms with van der Waals surface area (Å²) in [6.07, 6.45) is 0.226. The smallest absolute Gasteiger partial charge is 0.326 e. The first-order chi connectivity index (χ1) is 14.7. The van der Waals surface area contributed by atoms with E-state index in [0.717, 1.165) is 12.1 Å². The Hall–Kier alpha value is -3.24. The summed E-state index contributed by atoms with van der Waals surface area (Å²) >= 11 is 7.02. The van der Waals surface area contributed by atoms with Crippen molar-refractivity contribution in [2.75, 3.05) is 11.5 Å². The molecular formula is C20H14ClFN2O6S. The molecule has 0 unspecified atom stereocenters. The summed E-state index contributed by atoms with van der Waals surface area (Å²) < 4.78 is 19.9. The summed E-state index contributed by atoms with van der Waals surface area (Å²) in [6, 6.07) is 4.32. The zero-order chi connectivity index (χ0) is 22.4. The molecule has 31 heavy (non-hydrogen) atoms. The molecular weight excluding hydrogens is 451 g/mol. The highest BCUT2D eigenvalue weighted by Gasteiger charge is 2.48. The highest BCUT2D eigenvalue weighted by Crippen LogP contribution is 2.44. The fourth-order valence-electron chi connectivity index (χ4n) is 3.44. The Labute approximate surface area is 183 Å². The van der Waals surface area contributed by atoms with Gasteiger partial charge in [0.15, 0.2) is 11.5 Å². The zero-order valence-corrected chi connectivity index (χ0v) is 17.2. The SMILES string of the molecule is NC(=O)N1C(=O)C(=C(OCC(=O)[C@@H]2C[C@H]2C(=O)O)c2cccs2)c2cc(F)c(Cl)cc21. The number of carbonyl (C=O) groups is 4. The van der Waals surface area contributed by atoms with Crippen LogP contribution in [0.1, 0.15) is 16.9 Å². The van der Waals surface area contributed by atoms with Gasteiger partial charge >= 0.3 is 12.0 Å². The van der Waals surface area contributed by atoms with Gasteiger partial charge in [0, 0.05) is 11.5 Å². The van der Waals surface area contributed by atoms with E-state index in [1.165, 1.54) is 11.3 Å². The number of amides is 3. The normalized spacial score (nSPS) is 21.0. The van der Waals surface area contributed by atoms with Gasteiger partial charge in [-0.3, -0.25) is 14.4 Å². The van der Waals surface area contributed by atoms with Gasteiger partial charge in [-0.25, -0.2) is 14.1 Å². The maximum absolute atomic E-state index is 14.2. The number of ether oxygens (including phenoxy) is 1. The molecule has 3 amide bonds. The number of primary amides is 1. The van der Waals surface area contributed by atoms with Crippen LogP contribution in [0.15, 0.2) is 29.6 Å². The van der Waals surface area contributed by atoms with Crippen LogP contribution >= 0.6 is 22.9 Å². The van der Waals surface area contributed by atoms with Gasteiger partial charge in [-0.05, 0) is 30.0 Å². The number of fused-ring (bicyclic) bond motifs is 1. The van der Waals surface area contributed by atoms with Crippen LogP contribution in [-0.4, -0.2) is 35.4 Å². The maximum atomic E-state index is 14.2. The van der Waals surface area contributed by atoms with E-state index in [0.29, 0.717) is 9.78 Å². The van der Waals surface area contributed by atoms with Crippen molar-refractivity contribution in [3.8, 4) is 0 Å². The summed E-state index contributed by atoms with van der Waals surface area (Å²) in [5.74, 6) is -4.59. The first-order valence-corrected chi connectivity index (χ1v) is 10.3. The Bertz CT molecular complexity index is 1160. The third-order valence-electron chi connectivity index (χ3n) is 5.04. The average molecular weight is 465 g/mol. The van der Waals surface area contributed by atoms with Crippen LogP contribution in [0.25, 0.3) is 11.3 Å². The highest BCUT2D eigenvalue weighted by atomic mass is 35.5. The molecule has 0 radical (unpaired) electrons. The van der Waals surface area contributed by atoms with E-state index >= 15 is 0 Å². The highest BCUT2D eigenvalue weighted by molar-refractivity contribution is 7.11. The predicted molar refractivity (Wildman–Crippen MR) is 110 cm³/mol. The fraction of sp³-hybridized carbons (Fsp3) is 0.200. The third kappa shape index (κ3) is 3.68. The van der Waals surface area contributed by atoms with Gasteiger partial charge in [0.1, 0.15) is 12.4 Å². The van der Waals surface area contributed by atoms with Crippen molar-refractivity contribution in [3.63, 3.8) is 0 Å². The van der Waals surface area contributed by atoms with Crippen molar-refractivity contribution in [1.82, 2.24) is 0 Å². The quantitative estimate of drug-likeness (QED) is 0.499. The second-order valence-corrected chi connectivity index (χ2v) is 8.34. The summed E-state index contributed by atoms with van der Waals surface area (Å²) in [7, 11) is 0. The zero-order valence-electron chi connectivity index (χ0n) is 15.6. The number of thiophene rings is 1. The standard InChI is InChI=1S/C20H14ClFN2O6S/c21-11-6-13-10(5-12(11)22)16(18(26)24(13)20(23)29)17(15-2-1-3-31-15)30-7-14(25)8-4-9(8)19(27)28/h1-3,5-6,8-9H,4,7H2,(H2,23,29)(H,27,28)/t8-,9-/m1/s1. The van der Waals surface area contributed by atoms with Crippen LogP contribution in [-0.2, 0) is 19.1 Å². The number of halogens is 2. The lowest BCUT2D eigenvalue weighted by Gasteiger charge is -2.13. The summed E-state index contributed by atoms with van der Waals surface area (Å²) in [5, 5.41) is 10.4. The van der Waals surface area contributed by atoms with Crippen LogP contribution < -0.4 is 10.6 Å². The fourth-order valence-corrected chi connectivity index (χ4v) is 4.33. The molecule has 0 bridgehead atoms. The number of Topliss-reactive ketones (excluding diaryl/α,β-unsaturated/α-hetero) is 1. The Kier molecular flexibility index (Phi) is 5.28. The minimum Gasteiger partial charge on any atom is -0.483 e. The molecule has 1 aromatic heterocycles. The molecule has 1 aliphatic heterocycles. The Morgan fingerprint density at radius 3 is 2.65 bits per heavy atom. The van der Waals surface area contributed by atoms with E-state index in [1.54, 1.807) is 17.5 Å². The van der Waals surface area contributed by atoms with E-state index in [2.05, 4.69) is 0 Å². The Balaban J connectivity index is 1.77. The minimum atomic E-state index is -1.09. The van der Waals surface area contributed by atoms with Crippen molar-refractivity contribution < 1.29 is 33.4 Å². The first-order valence-electron chi connectivity index (χ1n) is 9.00. The van der Waals surface area contributed by atoms with E-state index in [-0.39, 0.29) is 34.0 Å². The lowest BCUT2D eigenvalue weighted by atomic mass is 10.0. The number of nitrogens with two attached hydrogens (primary N) is 1.